The number of hydrogen-bond acceptors (Lipinski definition) is 2. The van der Waals surface area contributed by atoms with E-state index in [0.29, 0.717) is 0 Å². The highest BCUT2D eigenvalue weighted by Gasteiger charge is 2.41. The second-order valence-electron chi connectivity index (χ2n) is 23.2. The molecule has 0 saturated carbocycles. The Hall–Kier alpha value is -8.55. The molecular formula is C73H58N2Si2. The third-order valence-electron chi connectivity index (χ3n) is 18.0. The number of anilines is 6. The van der Waals surface area contributed by atoms with Crippen molar-refractivity contribution in [3.05, 3.63) is 254 Å². The molecule has 4 heteroatoms. The Morgan fingerprint density at radius 2 is 0.727 bits per heavy atom. The van der Waals surface area contributed by atoms with Gasteiger partial charge in [0, 0.05) is 39.5 Å². The van der Waals surface area contributed by atoms with Crippen molar-refractivity contribution in [1.82, 2.24) is 0 Å². The second kappa shape index (κ2) is 16.7. The molecule has 12 aromatic carbocycles. The summed E-state index contributed by atoms with van der Waals surface area (Å²) in [7, 11) is -4.08. The number of rotatable bonds is 5. The van der Waals surface area contributed by atoms with Crippen molar-refractivity contribution in [1.29, 1.82) is 0 Å². The minimum absolute atomic E-state index is 0.173. The van der Waals surface area contributed by atoms with Crippen molar-refractivity contribution in [2.24, 2.45) is 0 Å². The topological polar surface area (TPSA) is 6.48 Å². The van der Waals surface area contributed by atoms with Gasteiger partial charge in [-0.3, -0.25) is 0 Å². The van der Waals surface area contributed by atoms with Crippen molar-refractivity contribution >= 4 is 103 Å². The summed E-state index contributed by atoms with van der Waals surface area (Å²) < 4.78 is 0. The molecule has 0 unspecified atom stereocenters. The molecule has 0 aromatic heterocycles. The number of hydrogen-bond donors (Lipinski definition) is 0. The van der Waals surface area contributed by atoms with Crippen LogP contribution in [-0.4, -0.2) is 16.1 Å². The smallest absolute Gasteiger partial charge is 0.117 e. The van der Waals surface area contributed by atoms with Gasteiger partial charge in [0.2, 0.25) is 0 Å². The number of para-hydroxylation sites is 4. The van der Waals surface area contributed by atoms with E-state index in [-0.39, 0.29) is 5.41 Å². The zero-order valence-electron chi connectivity index (χ0n) is 44.5. The van der Waals surface area contributed by atoms with Gasteiger partial charge < -0.3 is 9.80 Å². The van der Waals surface area contributed by atoms with Crippen LogP contribution in [0.3, 0.4) is 0 Å². The SMILES string of the molecule is CC1(C)c2ccccc2-c2ccc(-c3c4cc(N5c6ccccc6[Si](C)(C)c6ccccc65)ccc4c(-c4ccccc4-c4cccc5ccccc45)c4cc(N5c6ccccc6[Si](C)(C)c6ccccc65)ccc34)cc21. The fourth-order valence-corrected chi connectivity index (χ4v) is 20.2. The van der Waals surface area contributed by atoms with Gasteiger partial charge in [0.15, 0.2) is 0 Å². The van der Waals surface area contributed by atoms with E-state index in [1.807, 2.05) is 0 Å². The minimum Gasteiger partial charge on any atom is -0.311 e. The quantitative estimate of drug-likeness (QED) is 0.125. The molecule has 0 fully saturated rings. The zero-order chi connectivity index (χ0) is 52.0. The number of fused-ring (bicyclic) bond motifs is 10. The molecule has 15 rings (SSSR count). The predicted octanol–water partition coefficient (Wildman–Crippen LogP) is 17.7. The van der Waals surface area contributed by atoms with Crippen LogP contribution in [0.2, 0.25) is 26.2 Å². The van der Waals surface area contributed by atoms with Gasteiger partial charge in [0.1, 0.15) is 16.1 Å². The number of benzene rings is 12. The third-order valence-corrected chi connectivity index (χ3v) is 25.1. The highest BCUT2D eigenvalue weighted by Crippen LogP contribution is 2.54. The van der Waals surface area contributed by atoms with Crippen LogP contribution in [0.15, 0.2) is 243 Å². The van der Waals surface area contributed by atoms with Crippen LogP contribution in [0.1, 0.15) is 25.0 Å². The molecule has 0 saturated heterocycles. The maximum Gasteiger partial charge on any atom is 0.117 e. The van der Waals surface area contributed by atoms with E-state index in [0.717, 1.165) is 11.4 Å². The summed E-state index contributed by atoms with van der Waals surface area (Å²) in [5, 5.41) is 13.2. The van der Waals surface area contributed by atoms with Crippen molar-refractivity contribution in [2.75, 3.05) is 9.80 Å². The van der Waals surface area contributed by atoms with Gasteiger partial charge in [-0.25, -0.2) is 0 Å². The van der Waals surface area contributed by atoms with E-state index in [9.17, 15) is 0 Å². The Labute approximate surface area is 454 Å². The average Bonchev–Trinajstić information content (AvgIpc) is 3.73. The summed E-state index contributed by atoms with van der Waals surface area (Å²) in [4.78, 5) is 5.11. The van der Waals surface area contributed by atoms with Gasteiger partial charge >= 0.3 is 0 Å². The molecule has 77 heavy (non-hydrogen) atoms. The molecule has 2 aliphatic heterocycles. The van der Waals surface area contributed by atoms with Crippen molar-refractivity contribution < 1.29 is 0 Å². The molecule has 0 spiro atoms. The lowest BCUT2D eigenvalue weighted by Gasteiger charge is -2.41. The molecule has 0 N–H and O–H groups in total. The molecule has 368 valence electrons. The fraction of sp³-hybridized carbons (Fsp3) is 0.0959. The van der Waals surface area contributed by atoms with Crippen molar-refractivity contribution in [3.63, 3.8) is 0 Å². The Kier molecular flexibility index (Phi) is 9.95. The van der Waals surface area contributed by atoms with Crippen LogP contribution < -0.4 is 30.5 Å². The molecule has 0 bridgehead atoms. The van der Waals surface area contributed by atoms with Crippen LogP contribution in [-0.2, 0) is 5.41 Å². The Morgan fingerprint density at radius 3 is 1.31 bits per heavy atom. The van der Waals surface area contributed by atoms with Gasteiger partial charge in [-0.1, -0.05) is 228 Å². The summed E-state index contributed by atoms with van der Waals surface area (Å²) in [5.41, 5.74) is 20.1. The summed E-state index contributed by atoms with van der Waals surface area (Å²) in [6.07, 6.45) is 0. The first-order chi connectivity index (χ1) is 37.5. The molecule has 0 atom stereocenters. The second-order valence-corrected chi connectivity index (χ2v) is 31.9. The lowest BCUT2D eigenvalue weighted by molar-refractivity contribution is 0.660. The lowest BCUT2D eigenvalue weighted by Crippen LogP contribution is -2.58. The molecule has 1 aliphatic carbocycles. The molecule has 12 aromatic rings. The highest BCUT2D eigenvalue weighted by molar-refractivity contribution is 7.03. The highest BCUT2D eigenvalue weighted by atomic mass is 28.3. The van der Waals surface area contributed by atoms with E-state index < -0.39 is 16.1 Å². The summed E-state index contributed by atoms with van der Waals surface area (Å²) in [5.74, 6) is 0. The number of nitrogens with zero attached hydrogens (tertiary/aromatic N) is 2. The fourth-order valence-electron chi connectivity index (χ4n) is 14.2. The standard InChI is InChI=1S/C73H58N2Si2/c1-73(2)61-29-12-11-26-54(61)55-41-38-48(44-62(55)73)71-57-42-39-50(75-65-32-15-19-36-69(65)77(5,6)70-37-20-16-33-66(70)75)46-60(57)72(56-27-10-9-25-53(56)52-28-21-23-47-22-7-8-24-51(47)52)58-43-40-49(45-59(58)71)74-63-30-13-17-34-67(63)76(3,4)68-35-18-14-31-64(68)74/h7-46H,1-6H3. The maximum atomic E-state index is 2.56. The van der Waals surface area contributed by atoms with Crippen molar-refractivity contribution in [3.8, 4) is 44.5 Å². The molecule has 0 amide bonds. The van der Waals surface area contributed by atoms with Crippen LogP contribution in [0.5, 0.6) is 0 Å². The Balaban J connectivity index is 1.08. The lowest BCUT2D eigenvalue weighted by atomic mass is 9.80. The van der Waals surface area contributed by atoms with Gasteiger partial charge in [0.25, 0.3) is 0 Å². The Bertz CT molecular complexity index is 4360. The third kappa shape index (κ3) is 6.59. The molecule has 2 nitrogen and oxygen atoms in total. The van der Waals surface area contributed by atoms with Gasteiger partial charge in [-0.2, -0.15) is 0 Å². The first-order valence-corrected chi connectivity index (χ1v) is 33.3. The average molecular weight is 1020 g/mol. The van der Waals surface area contributed by atoms with E-state index >= 15 is 0 Å². The normalized spacial score (nSPS) is 15.1. The Morgan fingerprint density at radius 1 is 0.299 bits per heavy atom. The molecule has 3 aliphatic rings. The largest absolute Gasteiger partial charge is 0.311 e. The zero-order valence-corrected chi connectivity index (χ0v) is 46.5. The first-order valence-electron chi connectivity index (χ1n) is 27.3. The summed E-state index contributed by atoms with van der Waals surface area (Å²) in [6, 6.07) is 92.8. The monoisotopic (exact) mass is 1020 g/mol. The summed E-state index contributed by atoms with van der Waals surface area (Å²) >= 11 is 0. The van der Waals surface area contributed by atoms with Crippen LogP contribution in [0.25, 0.3) is 76.8 Å². The predicted molar refractivity (Wildman–Crippen MR) is 336 cm³/mol. The maximum absolute atomic E-state index is 2.56. The van der Waals surface area contributed by atoms with Gasteiger partial charge in [-0.15, -0.1) is 0 Å². The van der Waals surface area contributed by atoms with E-state index in [2.05, 4.69) is 292 Å². The van der Waals surface area contributed by atoms with Crippen LogP contribution in [0.4, 0.5) is 34.1 Å². The summed E-state index contributed by atoms with van der Waals surface area (Å²) in [6.45, 7) is 14.9. The van der Waals surface area contributed by atoms with Crippen molar-refractivity contribution in [2.45, 2.75) is 45.5 Å². The van der Waals surface area contributed by atoms with Crippen LogP contribution in [0, 0.1) is 0 Å². The van der Waals surface area contributed by atoms with Gasteiger partial charge in [0.05, 0.1) is 0 Å². The van der Waals surface area contributed by atoms with E-state index in [1.54, 1.807) is 0 Å². The molecule has 2 heterocycles. The molecular weight excluding hydrogens is 961 g/mol. The van der Waals surface area contributed by atoms with E-state index in [1.165, 1.54) is 131 Å². The van der Waals surface area contributed by atoms with E-state index in [4.69, 9.17) is 0 Å². The molecule has 0 radical (unpaired) electrons. The first kappa shape index (κ1) is 45.8. The van der Waals surface area contributed by atoms with Gasteiger partial charge in [-0.05, 0) is 163 Å². The van der Waals surface area contributed by atoms with Crippen LogP contribution >= 0.6 is 0 Å². The minimum atomic E-state index is -2.04.